The first kappa shape index (κ1) is 20.0. The molecule has 1 aliphatic rings. The van der Waals surface area contributed by atoms with Crippen LogP contribution in [0.1, 0.15) is 27.1 Å². The summed E-state index contributed by atoms with van der Waals surface area (Å²) in [5.41, 5.74) is 1.94. The lowest BCUT2D eigenvalue weighted by Crippen LogP contribution is -2.25. The first-order valence-electron chi connectivity index (χ1n) is 9.15. The number of anilines is 3. The van der Waals surface area contributed by atoms with E-state index in [1.165, 1.54) is 15.6 Å². The number of rotatable bonds is 5. The van der Waals surface area contributed by atoms with Crippen molar-refractivity contribution < 1.29 is 18.0 Å². The van der Waals surface area contributed by atoms with Crippen LogP contribution in [0, 0.1) is 0 Å². The SMILES string of the molecule is O=C(Nc1ccc(C(=O)Nc2nccs2)cc1)c1ccc(N2CCCS2(=O)=O)cc1. The molecule has 10 heteroatoms. The monoisotopic (exact) mass is 442 g/mol. The summed E-state index contributed by atoms with van der Waals surface area (Å²) in [6.45, 7) is 0.455. The van der Waals surface area contributed by atoms with Crippen LogP contribution >= 0.6 is 11.3 Å². The maximum Gasteiger partial charge on any atom is 0.257 e. The fourth-order valence-electron chi connectivity index (χ4n) is 3.07. The summed E-state index contributed by atoms with van der Waals surface area (Å²) in [6.07, 6.45) is 2.21. The Morgan fingerprint density at radius 2 is 1.57 bits per heavy atom. The summed E-state index contributed by atoms with van der Waals surface area (Å²) in [6, 6.07) is 12.9. The van der Waals surface area contributed by atoms with Crippen molar-refractivity contribution in [2.24, 2.45) is 0 Å². The number of hydrogen-bond acceptors (Lipinski definition) is 6. The van der Waals surface area contributed by atoms with Crippen molar-refractivity contribution in [1.82, 2.24) is 4.98 Å². The van der Waals surface area contributed by atoms with Crippen LogP contribution in [0.5, 0.6) is 0 Å². The zero-order chi connectivity index (χ0) is 21.1. The van der Waals surface area contributed by atoms with Gasteiger partial charge >= 0.3 is 0 Å². The second kappa shape index (κ2) is 8.25. The lowest BCUT2D eigenvalue weighted by atomic mass is 10.1. The Bertz CT molecular complexity index is 1160. The van der Waals surface area contributed by atoms with Gasteiger partial charge in [-0.05, 0) is 55.0 Å². The summed E-state index contributed by atoms with van der Waals surface area (Å²) in [5.74, 6) is -0.464. The minimum atomic E-state index is -3.25. The van der Waals surface area contributed by atoms with Gasteiger partial charge in [0, 0.05) is 34.9 Å². The molecule has 3 aromatic rings. The average Bonchev–Trinajstić information content (AvgIpc) is 3.37. The lowest BCUT2D eigenvalue weighted by molar-refractivity contribution is 0.102. The van der Waals surface area contributed by atoms with Crippen LogP contribution < -0.4 is 14.9 Å². The summed E-state index contributed by atoms with van der Waals surface area (Å²) >= 11 is 1.33. The van der Waals surface area contributed by atoms with Gasteiger partial charge in [-0.25, -0.2) is 13.4 Å². The van der Waals surface area contributed by atoms with E-state index < -0.39 is 10.0 Å². The molecule has 4 rings (SSSR count). The van der Waals surface area contributed by atoms with Gasteiger partial charge in [-0.2, -0.15) is 0 Å². The van der Waals surface area contributed by atoms with Crippen molar-refractivity contribution in [3.63, 3.8) is 0 Å². The molecule has 1 saturated heterocycles. The highest BCUT2D eigenvalue weighted by Gasteiger charge is 2.28. The number of sulfonamides is 1. The number of amides is 2. The Balaban J connectivity index is 1.39. The van der Waals surface area contributed by atoms with Gasteiger partial charge in [0.15, 0.2) is 5.13 Å². The Hall–Kier alpha value is -3.24. The van der Waals surface area contributed by atoms with Crippen LogP contribution in [-0.4, -0.2) is 37.5 Å². The van der Waals surface area contributed by atoms with Crippen LogP contribution in [0.25, 0.3) is 0 Å². The van der Waals surface area contributed by atoms with Gasteiger partial charge in [0.25, 0.3) is 11.8 Å². The first-order chi connectivity index (χ1) is 14.4. The van der Waals surface area contributed by atoms with Gasteiger partial charge in [0.2, 0.25) is 10.0 Å². The van der Waals surface area contributed by atoms with Crippen molar-refractivity contribution in [1.29, 1.82) is 0 Å². The molecule has 0 aliphatic carbocycles. The minimum Gasteiger partial charge on any atom is -0.322 e. The van der Waals surface area contributed by atoms with E-state index in [-0.39, 0.29) is 17.6 Å². The van der Waals surface area contributed by atoms with Crippen LogP contribution in [0.4, 0.5) is 16.5 Å². The van der Waals surface area contributed by atoms with Crippen molar-refractivity contribution in [2.45, 2.75) is 6.42 Å². The minimum absolute atomic E-state index is 0.146. The summed E-state index contributed by atoms with van der Waals surface area (Å²) in [7, 11) is -3.25. The molecule has 0 unspecified atom stereocenters. The van der Waals surface area contributed by atoms with E-state index in [9.17, 15) is 18.0 Å². The topological polar surface area (TPSA) is 108 Å². The predicted molar refractivity (Wildman–Crippen MR) is 117 cm³/mol. The van der Waals surface area contributed by atoms with Gasteiger partial charge in [0.1, 0.15) is 0 Å². The van der Waals surface area contributed by atoms with Crippen molar-refractivity contribution in [2.75, 3.05) is 27.2 Å². The average molecular weight is 443 g/mol. The predicted octanol–water partition coefficient (Wildman–Crippen LogP) is 3.19. The zero-order valence-corrected chi connectivity index (χ0v) is 17.4. The zero-order valence-electron chi connectivity index (χ0n) is 15.7. The molecule has 1 aromatic heterocycles. The van der Waals surface area contributed by atoms with E-state index >= 15 is 0 Å². The number of thiazole rings is 1. The summed E-state index contributed by atoms with van der Waals surface area (Å²) in [4.78, 5) is 28.7. The maximum atomic E-state index is 12.5. The van der Waals surface area contributed by atoms with Crippen LogP contribution in [-0.2, 0) is 10.0 Å². The highest BCUT2D eigenvalue weighted by molar-refractivity contribution is 7.93. The smallest absolute Gasteiger partial charge is 0.257 e. The Morgan fingerprint density at radius 3 is 2.13 bits per heavy atom. The fourth-order valence-corrected chi connectivity index (χ4v) is 5.16. The normalized spacial score (nSPS) is 15.0. The maximum absolute atomic E-state index is 12.5. The van der Waals surface area contributed by atoms with Crippen molar-refractivity contribution in [3.05, 3.63) is 71.2 Å². The first-order valence-corrected chi connectivity index (χ1v) is 11.6. The molecule has 0 radical (unpaired) electrons. The van der Waals surface area contributed by atoms with Gasteiger partial charge in [-0.3, -0.25) is 19.2 Å². The third-order valence-electron chi connectivity index (χ3n) is 4.57. The standard InChI is InChI=1S/C20H18N4O4S2/c25-18(15-4-8-17(9-5-15)24-11-1-13-30(24,27)28)22-16-6-2-14(3-7-16)19(26)23-20-21-10-12-29-20/h2-10,12H,1,11,13H2,(H,22,25)(H,21,23,26). The highest BCUT2D eigenvalue weighted by atomic mass is 32.2. The lowest BCUT2D eigenvalue weighted by Gasteiger charge is -2.17. The number of carbonyl (C=O) groups excluding carboxylic acids is 2. The van der Waals surface area contributed by atoms with E-state index in [0.29, 0.717) is 40.6 Å². The Kier molecular flexibility index (Phi) is 5.51. The quantitative estimate of drug-likeness (QED) is 0.631. The molecule has 30 heavy (non-hydrogen) atoms. The molecule has 2 aromatic carbocycles. The fraction of sp³-hybridized carbons (Fsp3) is 0.150. The van der Waals surface area contributed by atoms with Crippen LogP contribution in [0.3, 0.4) is 0 Å². The second-order valence-electron chi connectivity index (χ2n) is 6.61. The summed E-state index contributed by atoms with van der Waals surface area (Å²) in [5, 5.41) is 7.74. The Morgan fingerprint density at radius 1 is 0.933 bits per heavy atom. The van der Waals surface area contributed by atoms with Crippen molar-refractivity contribution >= 4 is 49.7 Å². The molecule has 0 bridgehead atoms. The molecule has 154 valence electrons. The molecule has 2 amide bonds. The Labute approximate surface area is 177 Å². The van der Waals surface area contributed by atoms with Crippen LogP contribution in [0.15, 0.2) is 60.1 Å². The molecule has 1 fully saturated rings. The second-order valence-corrected chi connectivity index (χ2v) is 9.52. The third kappa shape index (κ3) is 4.34. The molecule has 0 saturated carbocycles. The van der Waals surface area contributed by atoms with E-state index in [2.05, 4.69) is 15.6 Å². The molecule has 2 N–H and O–H groups in total. The van der Waals surface area contributed by atoms with Gasteiger partial charge in [0.05, 0.1) is 11.4 Å². The third-order valence-corrected chi connectivity index (χ3v) is 7.13. The van der Waals surface area contributed by atoms with Crippen LogP contribution in [0.2, 0.25) is 0 Å². The van der Waals surface area contributed by atoms with Gasteiger partial charge in [-0.1, -0.05) is 0 Å². The number of nitrogens with zero attached hydrogens (tertiary/aromatic N) is 2. The molecule has 1 aliphatic heterocycles. The highest BCUT2D eigenvalue weighted by Crippen LogP contribution is 2.24. The van der Waals surface area contributed by atoms with Gasteiger partial charge < -0.3 is 5.32 Å². The number of hydrogen-bond donors (Lipinski definition) is 2. The molecule has 2 heterocycles. The number of benzene rings is 2. The number of nitrogens with one attached hydrogen (secondary N) is 2. The molecule has 8 nitrogen and oxygen atoms in total. The molecule has 0 atom stereocenters. The molecular weight excluding hydrogens is 424 g/mol. The molecular formula is C20H18N4O4S2. The summed E-state index contributed by atoms with van der Waals surface area (Å²) < 4.78 is 25.4. The number of carbonyl (C=O) groups is 2. The van der Waals surface area contributed by atoms with E-state index in [1.807, 2.05) is 0 Å². The van der Waals surface area contributed by atoms with E-state index in [0.717, 1.165) is 0 Å². The number of aromatic nitrogens is 1. The van der Waals surface area contributed by atoms with E-state index in [4.69, 9.17) is 0 Å². The largest absolute Gasteiger partial charge is 0.322 e. The van der Waals surface area contributed by atoms with E-state index in [1.54, 1.807) is 60.1 Å². The van der Waals surface area contributed by atoms with Gasteiger partial charge in [-0.15, -0.1) is 11.3 Å². The van der Waals surface area contributed by atoms with Crippen molar-refractivity contribution in [3.8, 4) is 0 Å². The molecule has 0 spiro atoms.